The van der Waals surface area contributed by atoms with Crippen molar-refractivity contribution in [1.82, 2.24) is 0 Å². The third kappa shape index (κ3) is 4.59. The van der Waals surface area contributed by atoms with Crippen molar-refractivity contribution >= 4 is 15.9 Å². The van der Waals surface area contributed by atoms with Gasteiger partial charge in [-0.1, -0.05) is 28.1 Å². The average Bonchev–Trinajstić information content (AvgIpc) is 2.48. The smallest absolute Gasteiger partial charge is 0.120 e. The van der Waals surface area contributed by atoms with Crippen LogP contribution in [-0.4, -0.2) is 6.04 Å². The zero-order valence-electron chi connectivity index (χ0n) is 11.8. The van der Waals surface area contributed by atoms with E-state index in [0.717, 1.165) is 27.8 Å². The average molecular weight is 345 g/mol. The number of rotatable bonds is 5. The molecule has 0 fully saturated rings. The molecule has 0 aliphatic heterocycles. The molecule has 0 aliphatic carbocycles. The monoisotopic (exact) mass is 344 g/mol. The van der Waals surface area contributed by atoms with Crippen LogP contribution in [0.4, 0.5) is 0 Å². The number of nitriles is 1. The highest BCUT2D eigenvalue weighted by Crippen LogP contribution is 2.24. The van der Waals surface area contributed by atoms with Crippen molar-refractivity contribution in [3.05, 3.63) is 63.6 Å². The lowest BCUT2D eigenvalue weighted by Crippen LogP contribution is -2.18. The molecule has 0 aliphatic rings. The molecule has 2 N–H and O–H groups in total. The van der Waals surface area contributed by atoms with E-state index in [1.165, 1.54) is 0 Å². The molecule has 4 heteroatoms. The van der Waals surface area contributed by atoms with E-state index in [9.17, 15) is 0 Å². The molecule has 2 aromatic carbocycles. The zero-order chi connectivity index (χ0) is 15.2. The second kappa shape index (κ2) is 7.26. The Hall–Kier alpha value is -1.83. The standard InChI is InChI=1S/C17H17BrN2O/c1-12(20)8-15-9-16(6-7-17(15)18)21-11-14-4-2-13(10-19)3-5-14/h2-7,9,12H,8,11,20H2,1H3. The third-order valence-corrected chi connectivity index (χ3v) is 3.82. The van der Waals surface area contributed by atoms with Crippen molar-refractivity contribution in [2.24, 2.45) is 5.73 Å². The molecular formula is C17H17BrN2O. The normalized spacial score (nSPS) is 11.7. The van der Waals surface area contributed by atoms with E-state index in [1.807, 2.05) is 37.3 Å². The van der Waals surface area contributed by atoms with Crippen molar-refractivity contribution in [3.8, 4) is 11.8 Å². The lowest BCUT2D eigenvalue weighted by atomic mass is 10.1. The summed E-state index contributed by atoms with van der Waals surface area (Å²) in [6.45, 7) is 2.46. The molecule has 21 heavy (non-hydrogen) atoms. The van der Waals surface area contributed by atoms with Gasteiger partial charge in [-0.15, -0.1) is 0 Å². The largest absolute Gasteiger partial charge is 0.489 e. The van der Waals surface area contributed by atoms with Gasteiger partial charge >= 0.3 is 0 Å². The Labute approximate surface area is 133 Å². The van der Waals surface area contributed by atoms with Crippen LogP contribution in [0, 0.1) is 11.3 Å². The Bertz CT molecular complexity index is 645. The fourth-order valence-electron chi connectivity index (χ4n) is 1.99. The van der Waals surface area contributed by atoms with Gasteiger partial charge in [-0.25, -0.2) is 0 Å². The van der Waals surface area contributed by atoms with E-state index in [4.69, 9.17) is 15.7 Å². The van der Waals surface area contributed by atoms with Crippen LogP contribution in [0.25, 0.3) is 0 Å². The lowest BCUT2D eigenvalue weighted by Gasteiger charge is -2.11. The first-order valence-electron chi connectivity index (χ1n) is 6.74. The molecule has 1 atom stereocenters. The van der Waals surface area contributed by atoms with Gasteiger partial charge in [0.2, 0.25) is 0 Å². The second-order valence-electron chi connectivity index (χ2n) is 5.03. The van der Waals surface area contributed by atoms with Gasteiger partial charge in [-0.05, 0) is 54.8 Å². The highest BCUT2D eigenvalue weighted by Gasteiger charge is 2.05. The number of nitrogens with two attached hydrogens (primary N) is 1. The van der Waals surface area contributed by atoms with Crippen molar-refractivity contribution in [2.45, 2.75) is 26.0 Å². The Morgan fingerprint density at radius 2 is 1.95 bits per heavy atom. The zero-order valence-corrected chi connectivity index (χ0v) is 13.4. The summed E-state index contributed by atoms with van der Waals surface area (Å²) in [5.41, 5.74) is 8.68. The second-order valence-corrected chi connectivity index (χ2v) is 5.89. The number of benzene rings is 2. The molecule has 0 aromatic heterocycles. The quantitative estimate of drug-likeness (QED) is 0.897. The van der Waals surface area contributed by atoms with Crippen molar-refractivity contribution < 1.29 is 4.74 Å². The summed E-state index contributed by atoms with van der Waals surface area (Å²) in [6, 6.07) is 15.5. The number of halogens is 1. The van der Waals surface area contributed by atoms with Gasteiger partial charge in [-0.3, -0.25) is 0 Å². The maximum absolute atomic E-state index is 8.77. The first-order valence-corrected chi connectivity index (χ1v) is 7.53. The van der Waals surface area contributed by atoms with Gasteiger partial charge in [0.25, 0.3) is 0 Å². The number of hydrogen-bond acceptors (Lipinski definition) is 3. The molecule has 0 saturated carbocycles. The van der Waals surface area contributed by atoms with Crippen LogP contribution < -0.4 is 10.5 Å². The predicted octanol–water partition coefficient (Wildman–Crippen LogP) is 3.79. The van der Waals surface area contributed by atoms with Gasteiger partial charge in [0.15, 0.2) is 0 Å². The summed E-state index contributed by atoms with van der Waals surface area (Å²) < 4.78 is 6.85. The van der Waals surface area contributed by atoms with E-state index in [-0.39, 0.29) is 6.04 Å². The fourth-order valence-corrected chi connectivity index (χ4v) is 2.39. The molecule has 108 valence electrons. The van der Waals surface area contributed by atoms with E-state index >= 15 is 0 Å². The van der Waals surface area contributed by atoms with E-state index in [1.54, 1.807) is 12.1 Å². The fraction of sp³-hybridized carbons (Fsp3) is 0.235. The highest BCUT2D eigenvalue weighted by molar-refractivity contribution is 9.10. The summed E-state index contributed by atoms with van der Waals surface area (Å²) in [6.07, 6.45) is 0.800. The first kappa shape index (κ1) is 15.6. The summed E-state index contributed by atoms with van der Waals surface area (Å²) in [5.74, 6) is 0.818. The summed E-state index contributed by atoms with van der Waals surface area (Å²) in [7, 11) is 0. The summed E-state index contributed by atoms with van der Waals surface area (Å²) in [5, 5.41) is 8.77. The molecule has 0 radical (unpaired) electrons. The van der Waals surface area contributed by atoms with E-state index in [0.29, 0.717) is 12.2 Å². The molecule has 2 aromatic rings. The van der Waals surface area contributed by atoms with Gasteiger partial charge in [0, 0.05) is 10.5 Å². The number of ether oxygens (including phenoxy) is 1. The summed E-state index contributed by atoms with van der Waals surface area (Å²) in [4.78, 5) is 0. The van der Waals surface area contributed by atoms with Crippen LogP contribution in [0.2, 0.25) is 0 Å². The van der Waals surface area contributed by atoms with Crippen molar-refractivity contribution in [2.75, 3.05) is 0 Å². The molecular weight excluding hydrogens is 328 g/mol. The minimum absolute atomic E-state index is 0.107. The first-order chi connectivity index (χ1) is 10.1. The topological polar surface area (TPSA) is 59.0 Å². The molecule has 0 spiro atoms. The van der Waals surface area contributed by atoms with Gasteiger partial charge in [-0.2, -0.15) is 5.26 Å². The number of nitrogens with zero attached hydrogens (tertiary/aromatic N) is 1. The molecule has 0 heterocycles. The molecule has 1 unspecified atom stereocenters. The SMILES string of the molecule is CC(N)Cc1cc(OCc2ccc(C#N)cc2)ccc1Br. The van der Waals surface area contributed by atoms with Crippen molar-refractivity contribution in [1.29, 1.82) is 5.26 Å². The summed E-state index contributed by atoms with van der Waals surface area (Å²) >= 11 is 3.53. The predicted molar refractivity (Wildman–Crippen MR) is 87.0 cm³/mol. The van der Waals surface area contributed by atoms with Crippen LogP contribution in [0.3, 0.4) is 0 Å². The molecule has 0 bridgehead atoms. The van der Waals surface area contributed by atoms with Crippen LogP contribution in [0.15, 0.2) is 46.9 Å². The maximum atomic E-state index is 8.77. The molecule has 3 nitrogen and oxygen atoms in total. The molecule has 0 amide bonds. The van der Waals surface area contributed by atoms with Crippen LogP contribution in [0.1, 0.15) is 23.6 Å². The van der Waals surface area contributed by atoms with Crippen molar-refractivity contribution in [3.63, 3.8) is 0 Å². The third-order valence-electron chi connectivity index (χ3n) is 3.05. The lowest BCUT2D eigenvalue weighted by molar-refractivity contribution is 0.306. The van der Waals surface area contributed by atoms with Crippen LogP contribution >= 0.6 is 15.9 Å². The van der Waals surface area contributed by atoms with Gasteiger partial charge in [0.05, 0.1) is 11.6 Å². The molecule has 2 rings (SSSR count). The van der Waals surface area contributed by atoms with Gasteiger partial charge in [0.1, 0.15) is 12.4 Å². The number of hydrogen-bond donors (Lipinski definition) is 1. The van der Waals surface area contributed by atoms with Crippen LogP contribution in [-0.2, 0) is 13.0 Å². The van der Waals surface area contributed by atoms with E-state index < -0.39 is 0 Å². The Kier molecular flexibility index (Phi) is 5.38. The minimum Gasteiger partial charge on any atom is -0.489 e. The Morgan fingerprint density at radius 1 is 1.24 bits per heavy atom. The minimum atomic E-state index is 0.107. The molecule has 0 saturated heterocycles. The van der Waals surface area contributed by atoms with E-state index in [2.05, 4.69) is 22.0 Å². The van der Waals surface area contributed by atoms with Gasteiger partial charge < -0.3 is 10.5 Å². The maximum Gasteiger partial charge on any atom is 0.120 e. The Balaban J connectivity index is 2.04. The Morgan fingerprint density at radius 3 is 2.57 bits per heavy atom. The van der Waals surface area contributed by atoms with Crippen LogP contribution in [0.5, 0.6) is 5.75 Å². The highest BCUT2D eigenvalue weighted by atomic mass is 79.9.